The van der Waals surface area contributed by atoms with Gasteiger partial charge in [0, 0.05) is 29.3 Å². The summed E-state index contributed by atoms with van der Waals surface area (Å²) in [6.45, 7) is 4.16. The van der Waals surface area contributed by atoms with Gasteiger partial charge in [0.1, 0.15) is 0 Å². The lowest BCUT2D eigenvalue weighted by atomic mass is 10.1. The SMILES string of the molecule is C[C@H](NCc1cccc2c1NCC2)c1cccc(Br)c1. The molecule has 0 fully saturated rings. The number of anilines is 1. The van der Waals surface area contributed by atoms with Crippen LogP contribution in [0.1, 0.15) is 29.7 Å². The summed E-state index contributed by atoms with van der Waals surface area (Å²) in [4.78, 5) is 0. The topological polar surface area (TPSA) is 24.1 Å². The zero-order chi connectivity index (χ0) is 13.9. The normalized spacial score (nSPS) is 14.7. The molecule has 0 amide bonds. The van der Waals surface area contributed by atoms with Crippen molar-refractivity contribution in [2.24, 2.45) is 0 Å². The number of hydrogen-bond donors (Lipinski definition) is 2. The number of benzene rings is 2. The third-order valence-electron chi connectivity index (χ3n) is 3.88. The lowest BCUT2D eigenvalue weighted by Gasteiger charge is -2.16. The Labute approximate surface area is 128 Å². The number of halogens is 1. The highest BCUT2D eigenvalue weighted by molar-refractivity contribution is 9.10. The van der Waals surface area contributed by atoms with Crippen LogP contribution in [-0.4, -0.2) is 6.54 Å². The number of hydrogen-bond acceptors (Lipinski definition) is 2. The van der Waals surface area contributed by atoms with E-state index in [1.807, 2.05) is 0 Å². The van der Waals surface area contributed by atoms with E-state index < -0.39 is 0 Å². The van der Waals surface area contributed by atoms with Crippen LogP contribution >= 0.6 is 15.9 Å². The molecule has 3 rings (SSSR count). The second-order valence-electron chi connectivity index (χ2n) is 5.29. The molecule has 2 aromatic carbocycles. The lowest BCUT2D eigenvalue weighted by Crippen LogP contribution is -2.18. The standard InChI is InChI=1S/C17H19BrN2/c1-12(14-5-3-7-16(18)10-14)20-11-15-6-2-4-13-8-9-19-17(13)15/h2-7,10,12,19-20H,8-9,11H2,1H3/t12-/m0/s1. The van der Waals surface area contributed by atoms with Crippen molar-refractivity contribution in [3.8, 4) is 0 Å². The molecular formula is C17H19BrN2. The van der Waals surface area contributed by atoms with Gasteiger partial charge in [-0.25, -0.2) is 0 Å². The van der Waals surface area contributed by atoms with Crippen LogP contribution < -0.4 is 10.6 Å². The molecule has 1 heterocycles. The first kappa shape index (κ1) is 13.7. The van der Waals surface area contributed by atoms with Gasteiger partial charge in [-0.1, -0.05) is 46.3 Å². The molecular weight excluding hydrogens is 312 g/mol. The van der Waals surface area contributed by atoms with Crippen LogP contribution in [0.5, 0.6) is 0 Å². The molecule has 0 unspecified atom stereocenters. The van der Waals surface area contributed by atoms with E-state index in [-0.39, 0.29) is 0 Å². The lowest BCUT2D eigenvalue weighted by molar-refractivity contribution is 0.575. The van der Waals surface area contributed by atoms with Gasteiger partial charge in [-0.15, -0.1) is 0 Å². The highest BCUT2D eigenvalue weighted by Gasteiger charge is 2.14. The number of nitrogens with one attached hydrogen (secondary N) is 2. The molecule has 1 aliphatic rings. The average molecular weight is 331 g/mol. The first-order valence-corrected chi connectivity index (χ1v) is 7.87. The van der Waals surface area contributed by atoms with Crippen molar-refractivity contribution in [3.05, 3.63) is 63.6 Å². The molecule has 1 atom stereocenters. The van der Waals surface area contributed by atoms with Gasteiger partial charge in [-0.2, -0.15) is 0 Å². The largest absolute Gasteiger partial charge is 0.384 e. The highest BCUT2D eigenvalue weighted by Crippen LogP contribution is 2.27. The van der Waals surface area contributed by atoms with Crippen LogP contribution in [0.15, 0.2) is 46.9 Å². The van der Waals surface area contributed by atoms with E-state index >= 15 is 0 Å². The Morgan fingerprint density at radius 3 is 2.95 bits per heavy atom. The van der Waals surface area contributed by atoms with Crippen LogP contribution in [-0.2, 0) is 13.0 Å². The predicted molar refractivity (Wildman–Crippen MR) is 88.0 cm³/mol. The number of para-hydroxylation sites is 1. The monoisotopic (exact) mass is 330 g/mol. The summed E-state index contributed by atoms with van der Waals surface area (Å²) in [7, 11) is 0. The first-order chi connectivity index (χ1) is 9.74. The maximum atomic E-state index is 3.61. The Kier molecular flexibility index (Phi) is 4.08. The molecule has 2 aromatic rings. The molecule has 1 aliphatic heterocycles. The van der Waals surface area contributed by atoms with Gasteiger partial charge in [0.2, 0.25) is 0 Å². The Hall–Kier alpha value is -1.32. The van der Waals surface area contributed by atoms with Crippen molar-refractivity contribution in [3.63, 3.8) is 0 Å². The fourth-order valence-electron chi connectivity index (χ4n) is 2.72. The summed E-state index contributed by atoms with van der Waals surface area (Å²) in [6, 6.07) is 15.4. The highest BCUT2D eigenvalue weighted by atomic mass is 79.9. The molecule has 0 aromatic heterocycles. The van der Waals surface area contributed by atoms with Crippen molar-refractivity contribution < 1.29 is 0 Å². The number of rotatable bonds is 4. The zero-order valence-electron chi connectivity index (χ0n) is 11.6. The van der Waals surface area contributed by atoms with Gasteiger partial charge in [0.25, 0.3) is 0 Å². The van der Waals surface area contributed by atoms with Crippen molar-refractivity contribution in [2.75, 3.05) is 11.9 Å². The maximum Gasteiger partial charge on any atom is 0.0419 e. The van der Waals surface area contributed by atoms with Gasteiger partial charge >= 0.3 is 0 Å². The Bertz CT molecular complexity index is 610. The second-order valence-corrected chi connectivity index (χ2v) is 6.20. The Morgan fingerprint density at radius 2 is 2.10 bits per heavy atom. The minimum atomic E-state index is 0.338. The van der Waals surface area contributed by atoms with Crippen LogP contribution in [0, 0.1) is 0 Å². The van der Waals surface area contributed by atoms with E-state index in [9.17, 15) is 0 Å². The molecule has 0 saturated carbocycles. The van der Waals surface area contributed by atoms with Crippen molar-refractivity contribution in [1.82, 2.24) is 5.32 Å². The first-order valence-electron chi connectivity index (χ1n) is 7.07. The molecule has 2 nitrogen and oxygen atoms in total. The van der Waals surface area contributed by atoms with Crippen molar-refractivity contribution in [2.45, 2.75) is 25.9 Å². The molecule has 3 heteroatoms. The molecule has 0 saturated heterocycles. The van der Waals surface area contributed by atoms with Crippen LogP contribution in [0.25, 0.3) is 0 Å². The van der Waals surface area contributed by atoms with E-state index in [0.717, 1.165) is 24.0 Å². The Balaban J connectivity index is 1.69. The summed E-state index contributed by atoms with van der Waals surface area (Å²) < 4.78 is 1.13. The third kappa shape index (κ3) is 2.89. The number of fused-ring (bicyclic) bond motifs is 1. The predicted octanol–water partition coefficient (Wildman–Crippen LogP) is 4.27. The smallest absolute Gasteiger partial charge is 0.0419 e. The van der Waals surface area contributed by atoms with Crippen LogP contribution in [0.2, 0.25) is 0 Å². The molecule has 0 bridgehead atoms. The minimum absolute atomic E-state index is 0.338. The van der Waals surface area contributed by atoms with E-state index in [1.54, 1.807) is 0 Å². The summed E-state index contributed by atoms with van der Waals surface area (Å²) >= 11 is 3.53. The van der Waals surface area contributed by atoms with Gasteiger partial charge < -0.3 is 10.6 Å². The van der Waals surface area contributed by atoms with E-state index in [1.165, 1.54) is 22.4 Å². The minimum Gasteiger partial charge on any atom is -0.384 e. The van der Waals surface area contributed by atoms with E-state index in [2.05, 4.69) is 76.0 Å². The van der Waals surface area contributed by atoms with Crippen molar-refractivity contribution in [1.29, 1.82) is 0 Å². The summed E-state index contributed by atoms with van der Waals surface area (Å²) in [5, 5.41) is 7.11. The average Bonchev–Trinajstić information content (AvgIpc) is 2.93. The molecule has 2 N–H and O–H groups in total. The van der Waals surface area contributed by atoms with Gasteiger partial charge in [0.15, 0.2) is 0 Å². The van der Waals surface area contributed by atoms with E-state index in [4.69, 9.17) is 0 Å². The summed E-state index contributed by atoms with van der Waals surface area (Å²) in [6.07, 6.45) is 1.14. The second kappa shape index (κ2) is 5.98. The quantitative estimate of drug-likeness (QED) is 0.874. The fraction of sp³-hybridized carbons (Fsp3) is 0.294. The van der Waals surface area contributed by atoms with Gasteiger partial charge in [0.05, 0.1) is 0 Å². The zero-order valence-corrected chi connectivity index (χ0v) is 13.2. The maximum absolute atomic E-state index is 3.61. The van der Waals surface area contributed by atoms with E-state index in [0.29, 0.717) is 6.04 Å². The van der Waals surface area contributed by atoms with Crippen LogP contribution in [0.3, 0.4) is 0 Å². The molecule has 0 aliphatic carbocycles. The Morgan fingerprint density at radius 1 is 1.25 bits per heavy atom. The molecule has 104 valence electrons. The molecule has 0 radical (unpaired) electrons. The third-order valence-corrected chi connectivity index (χ3v) is 4.37. The van der Waals surface area contributed by atoms with Crippen LogP contribution in [0.4, 0.5) is 5.69 Å². The molecule has 20 heavy (non-hydrogen) atoms. The summed E-state index contributed by atoms with van der Waals surface area (Å²) in [5.41, 5.74) is 5.45. The fourth-order valence-corrected chi connectivity index (χ4v) is 3.13. The summed E-state index contributed by atoms with van der Waals surface area (Å²) in [5.74, 6) is 0. The van der Waals surface area contributed by atoms with Crippen molar-refractivity contribution >= 4 is 21.6 Å². The molecule has 0 spiro atoms. The van der Waals surface area contributed by atoms with Gasteiger partial charge in [-0.3, -0.25) is 0 Å². The van der Waals surface area contributed by atoms with Gasteiger partial charge in [-0.05, 0) is 42.2 Å².